The highest BCUT2D eigenvalue weighted by Gasteiger charge is 2.24. The summed E-state index contributed by atoms with van der Waals surface area (Å²) >= 11 is 0. The second-order valence-electron chi connectivity index (χ2n) is 5.11. The van der Waals surface area contributed by atoms with E-state index in [1.165, 1.54) is 12.8 Å². The van der Waals surface area contributed by atoms with Gasteiger partial charge in [0.1, 0.15) is 5.82 Å². The molecular weight excluding hydrogens is 229 g/mol. The number of guanidine groups is 1. The Labute approximate surface area is 107 Å². The van der Waals surface area contributed by atoms with Crippen LogP contribution in [0.1, 0.15) is 29.9 Å². The average Bonchev–Trinajstić information content (AvgIpc) is 3.12. The highest BCUT2D eigenvalue weighted by Crippen LogP contribution is 2.40. The van der Waals surface area contributed by atoms with E-state index in [0.717, 1.165) is 24.6 Å². The molecule has 1 aromatic rings. The van der Waals surface area contributed by atoms with Crippen LogP contribution in [0, 0.1) is 5.82 Å². The molecular formula is C14H18FN3. The van der Waals surface area contributed by atoms with Gasteiger partial charge in [-0.2, -0.15) is 0 Å². The van der Waals surface area contributed by atoms with E-state index in [1.54, 1.807) is 6.07 Å². The van der Waals surface area contributed by atoms with Crippen LogP contribution in [0.3, 0.4) is 0 Å². The van der Waals surface area contributed by atoms with E-state index >= 15 is 0 Å². The molecule has 1 aliphatic carbocycles. The highest BCUT2D eigenvalue weighted by atomic mass is 19.1. The van der Waals surface area contributed by atoms with Crippen molar-refractivity contribution in [3.63, 3.8) is 0 Å². The molecule has 3 nitrogen and oxygen atoms in total. The maximum absolute atomic E-state index is 13.9. The zero-order valence-electron chi connectivity index (χ0n) is 10.6. The fraction of sp³-hybridized carbons (Fsp3) is 0.500. The van der Waals surface area contributed by atoms with Crippen LogP contribution in [0.4, 0.5) is 4.39 Å². The molecule has 3 rings (SSSR count). The zero-order valence-corrected chi connectivity index (χ0v) is 10.6. The minimum absolute atomic E-state index is 0.104. The molecule has 1 fully saturated rings. The fourth-order valence-corrected chi connectivity index (χ4v) is 2.28. The molecule has 0 atom stereocenters. The number of hydrogen-bond donors (Lipinski definition) is 1. The topological polar surface area (TPSA) is 27.6 Å². The smallest absolute Gasteiger partial charge is 0.194 e. The lowest BCUT2D eigenvalue weighted by Crippen LogP contribution is -2.35. The van der Waals surface area contributed by atoms with Crippen molar-refractivity contribution >= 4 is 5.96 Å². The van der Waals surface area contributed by atoms with Gasteiger partial charge in [0.05, 0.1) is 6.54 Å². The Morgan fingerprint density at radius 3 is 2.89 bits per heavy atom. The standard InChI is InChI=1S/C14H18FN3/c1-18-7-6-16-14(18)17-9-12-5-4-11(8-13(12)15)10-2-3-10/h4-5,8,10H,2-3,6-7,9H2,1H3,(H,16,17). The van der Waals surface area contributed by atoms with Gasteiger partial charge in [0.15, 0.2) is 5.96 Å². The van der Waals surface area contributed by atoms with Crippen molar-refractivity contribution in [3.05, 3.63) is 35.1 Å². The van der Waals surface area contributed by atoms with Gasteiger partial charge in [0.25, 0.3) is 0 Å². The fourth-order valence-electron chi connectivity index (χ4n) is 2.28. The van der Waals surface area contributed by atoms with Crippen LogP contribution in [0.25, 0.3) is 0 Å². The summed E-state index contributed by atoms with van der Waals surface area (Å²) in [7, 11) is 1.99. The lowest BCUT2D eigenvalue weighted by atomic mass is 10.1. The lowest BCUT2D eigenvalue weighted by molar-refractivity contribution is 0.530. The summed E-state index contributed by atoms with van der Waals surface area (Å²) < 4.78 is 13.9. The quantitative estimate of drug-likeness (QED) is 0.885. The molecule has 96 valence electrons. The first kappa shape index (κ1) is 11.5. The Morgan fingerprint density at radius 1 is 1.44 bits per heavy atom. The normalized spacial score (nSPS) is 19.0. The number of benzene rings is 1. The van der Waals surface area contributed by atoms with E-state index in [9.17, 15) is 4.39 Å². The molecule has 0 aromatic heterocycles. The molecule has 0 bridgehead atoms. The second kappa shape index (κ2) is 4.59. The number of nitrogens with zero attached hydrogens (tertiary/aromatic N) is 2. The number of rotatable bonds is 3. The number of hydrogen-bond acceptors (Lipinski definition) is 3. The Bertz CT molecular complexity index is 480. The van der Waals surface area contributed by atoms with Crippen LogP contribution in [-0.2, 0) is 6.54 Å². The first-order valence-corrected chi connectivity index (χ1v) is 6.52. The van der Waals surface area contributed by atoms with Crippen LogP contribution in [0.15, 0.2) is 23.2 Å². The molecule has 0 amide bonds. The third-order valence-corrected chi connectivity index (χ3v) is 3.62. The van der Waals surface area contributed by atoms with Crippen molar-refractivity contribution < 1.29 is 4.39 Å². The third kappa shape index (κ3) is 2.33. The molecule has 1 saturated carbocycles. The van der Waals surface area contributed by atoms with Crippen LogP contribution in [0.2, 0.25) is 0 Å². The van der Waals surface area contributed by atoms with Crippen molar-refractivity contribution in [1.29, 1.82) is 0 Å². The molecule has 0 spiro atoms. The van der Waals surface area contributed by atoms with E-state index < -0.39 is 0 Å². The summed E-state index contributed by atoms with van der Waals surface area (Å²) in [6.45, 7) is 2.26. The summed E-state index contributed by atoms with van der Waals surface area (Å²) in [6, 6.07) is 5.64. The number of halogens is 1. The Balaban J connectivity index is 1.65. The largest absolute Gasteiger partial charge is 0.352 e. The Hall–Kier alpha value is -1.58. The van der Waals surface area contributed by atoms with E-state index in [1.807, 2.05) is 13.1 Å². The van der Waals surface area contributed by atoms with Crippen molar-refractivity contribution in [2.45, 2.75) is 25.3 Å². The van der Waals surface area contributed by atoms with Gasteiger partial charge in [-0.15, -0.1) is 0 Å². The molecule has 0 radical (unpaired) electrons. The number of aliphatic imine (C=N–C) groups is 1. The predicted octanol–water partition coefficient (Wildman–Crippen LogP) is 2.09. The molecule has 0 saturated heterocycles. The Kier molecular flexibility index (Phi) is 2.94. The maximum Gasteiger partial charge on any atom is 0.194 e. The van der Waals surface area contributed by atoms with Crippen LogP contribution < -0.4 is 5.32 Å². The summed E-state index contributed by atoms with van der Waals surface area (Å²) in [5.74, 6) is 1.36. The minimum Gasteiger partial charge on any atom is -0.352 e. The van der Waals surface area contributed by atoms with E-state index in [0.29, 0.717) is 18.0 Å². The summed E-state index contributed by atoms with van der Waals surface area (Å²) in [5, 5.41) is 3.19. The summed E-state index contributed by atoms with van der Waals surface area (Å²) in [6.07, 6.45) is 2.41. The maximum atomic E-state index is 13.9. The number of likely N-dealkylation sites (N-methyl/N-ethyl adjacent to an activating group) is 1. The highest BCUT2D eigenvalue weighted by molar-refractivity contribution is 5.81. The molecule has 18 heavy (non-hydrogen) atoms. The van der Waals surface area contributed by atoms with Gasteiger partial charge in [-0.1, -0.05) is 12.1 Å². The lowest BCUT2D eigenvalue weighted by Gasteiger charge is -2.15. The van der Waals surface area contributed by atoms with Gasteiger partial charge in [0, 0.05) is 25.7 Å². The first-order valence-electron chi connectivity index (χ1n) is 6.52. The predicted molar refractivity (Wildman–Crippen MR) is 70.1 cm³/mol. The number of nitrogens with one attached hydrogen (secondary N) is 1. The van der Waals surface area contributed by atoms with Gasteiger partial charge >= 0.3 is 0 Å². The monoisotopic (exact) mass is 247 g/mol. The molecule has 2 aliphatic rings. The van der Waals surface area contributed by atoms with Gasteiger partial charge in [-0.05, 0) is 30.4 Å². The molecule has 4 heteroatoms. The van der Waals surface area contributed by atoms with Gasteiger partial charge < -0.3 is 10.2 Å². The van der Waals surface area contributed by atoms with Crippen molar-refractivity contribution in [3.8, 4) is 0 Å². The zero-order chi connectivity index (χ0) is 12.5. The molecule has 1 aromatic carbocycles. The van der Waals surface area contributed by atoms with Crippen molar-refractivity contribution in [2.75, 3.05) is 20.1 Å². The van der Waals surface area contributed by atoms with Gasteiger partial charge in [-0.25, -0.2) is 4.39 Å². The molecule has 0 unspecified atom stereocenters. The SMILES string of the molecule is CN1CCN=C1NCc1ccc(C2CC2)cc1F. The summed E-state index contributed by atoms with van der Waals surface area (Å²) in [4.78, 5) is 6.38. The summed E-state index contributed by atoms with van der Waals surface area (Å²) in [5.41, 5.74) is 1.86. The average molecular weight is 247 g/mol. The van der Waals surface area contributed by atoms with Crippen molar-refractivity contribution in [1.82, 2.24) is 10.2 Å². The van der Waals surface area contributed by atoms with Crippen molar-refractivity contribution in [2.24, 2.45) is 4.99 Å². The van der Waals surface area contributed by atoms with Crippen LogP contribution in [-0.4, -0.2) is 31.0 Å². The third-order valence-electron chi connectivity index (χ3n) is 3.62. The Morgan fingerprint density at radius 2 is 2.28 bits per heavy atom. The van der Waals surface area contributed by atoms with Crippen LogP contribution >= 0.6 is 0 Å². The minimum atomic E-state index is -0.104. The first-order chi connectivity index (χ1) is 8.74. The van der Waals surface area contributed by atoms with Crippen LogP contribution in [0.5, 0.6) is 0 Å². The second-order valence-corrected chi connectivity index (χ2v) is 5.11. The molecule has 1 N–H and O–H groups in total. The van der Waals surface area contributed by atoms with E-state index in [2.05, 4.69) is 21.3 Å². The van der Waals surface area contributed by atoms with E-state index in [-0.39, 0.29) is 5.82 Å². The van der Waals surface area contributed by atoms with Gasteiger partial charge in [0.2, 0.25) is 0 Å². The van der Waals surface area contributed by atoms with Gasteiger partial charge in [-0.3, -0.25) is 4.99 Å². The van der Waals surface area contributed by atoms with E-state index in [4.69, 9.17) is 0 Å². The molecule has 1 heterocycles. The molecule has 1 aliphatic heterocycles.